The van der Waals surface area contributed by atoms with E-state index in [1.807, 2.05) is 73.7 Å². The summed E-state index contributed by atoms with van der Waals surface area (Å²) in [5.41, 5.74) is 10.7. The Kier molecular flexibility index (Phi) is 7.36. The van der Waals surface area contributed by atoms with Crippen molar-refractivity contribution in [3.05, 3.63) is 94.9 Å². The molecule has 0 saturated carbocycles. The minimum absolute atomic E-state index is 0.131. The van der Waals surface area contributed by atoms with E-state index in [1.165, 1.54) is 28.5 Å². The van der Waals surface area contributed by atoms with Gasteiger partial charge in [0.15, 0.2) is 11.9 Å². The number of carbonyl (C=O) groups excluding carboxylic acids is 2. The molecule has 3 atom stereocenters. The van der Waals surface area contributed by atoms with E-state index in [0.717, 1.165) is 21.9 Å². The van der Waals surface area contributed by atoms with Crippen LogP contribution < -0.4 is 11.3 Å². The van der Waals surface area contributed by atoms with Gasteiger partial charge < -0.3 is 20.5 Å². The van der Waals surface area contributed by atoms with E-state index in [4.69, 9.17) is 10.5 Å². The monoisotopic (exact) mass is 578 g/mol. The zero-order chi connectivity index (χ0) is 27.9. The number of aliphatic hydroxyl groups excluding tert-OH is 1. The van der Waals surface area contributed by atoms with Crippen LogP contribution in [0.25, 0.3) is 0 Å². The van der Waals surface area contributed by atoms with Gasteiger partial charge in [0.05, 0.1) is 11.2 Å². The smallest absolute Gasteiger partial charge is 0.316 e. The van der Waals surface area contributed by atoms with E-state index in [0.29, 0.717) is 17.3 Å². The molecule has 208 valence electrons. The van der Waals surface area contributed by atoms with Gasteiger partial charge in [-0.15, -0.1) is 29.1 Å². The molecule has 0 radical (unpaired) electrons. The molecule has 2 saturated heterocycles. The van der Waals surface area contributed by atoms with Crippen molar-refractivity contribution in [3.8, 4) is 0 Å². The average Bonchev–Trinajstić information content (AvgIpc) is 3.42. The second-order valence-corrected chi connectivity index (χ2v) is 12.2. The van der Waals surface area contributed by atoms with E-state index < -0.39 is 17.6 Å². The molecular formula is C28H30N6O4S2. The van der Waals surface area contributed by atoms with Gasteiger partial charge in [0, 0.05) is 23.8 Å². The third kappa shape index (κ3) is 4.90. The van der Waals surface area contributed by atoms with Crippen molar-refractivity contribution in [2.24, 2.45) is 16.1 Å². The van der Waals surface area contributed by atoms with Gasteiger partial charge in [-0.3, -0.25) is 14.6 Å². The summed E-state index contributed by atoms with van der Waals surface area (Å²) in [5.74, 6) is 0.970. The fourth-order valence-electron chi connectivity index (χ4n) is 5.11. The van der Waals surface area contributed by atoms with Crippen molar-refractivity contribution in [2.45, 2.75) is 24.4 Å². The van der Waals surface area contributed by atoms with Crippen molar-refractivity contribution in [1.29, 1.82) is 0 Å². The molecule has 0 spiro atoms. The number of aliphatic hydroxyl groups is 1. The number of nitrogens with two attached hydrogens (primary N) is 1. The third-order valence-electron chi connectivity index (χ3n) is 7.27. The number of fused-ring (bicyclic) bond motifs is 2. The molecule has 0 bridgehead atoms. The minimum atomic E-state index is -0.979. The Hall–Kier alpha value is -3.29. The first-order valence-electron chi connectivity index (χ1n) is 12.9. The number of hydrogen-bond acceptors (Lipinski definition) is 11. The zero-order valence-electron chi connectivity index (χ0n) is 21.8. The Labute approximate surface area is 240 Å². The number of nitrogens with one attached hydrogen (secondary N) is 1. The lowest BCUT2D eigenvalue weighted by Crippen LogP contribution is -2.72. The topological polar surface area (TPSA) is 124 Å². The largest absolute Gasteiger partial charge is 0.452 e. The minimum Gasteiger partial charge on any atom is -0.452 e. The highest BCUT2D eigenvalue weighted by Crippen LogP contribution is 2.46. The van der Waals surface area contributed by atoms with Crippen LogP contribution in [0.2, 0.25) is 0 Å². The van der Waals surface area contributed by atoms with Gasteiger partial charge in [-0.25, -0.2) is 10.0 Å². The van der Waals surface area contributed by atoms with Crippen molar-refractivity contribution in [1.82, 2.24) is 20.5 Å². The van der Waals surface area contributed by atoms with Gasteiger partial charge in [-0.05, 0) is 24.1 Å². The highest BCUT2D eigenvalue weighted by atomic mass is 32.2. The summed E-state index contributed by atoms with van der Waals surface area (Å²) in [4.78, 5) is 33.2. The maximum atomic E-state index is 14.3. The van der Waals surface area contributed by atoms with Crippen LogP contribution in [-0.4, -0.2) is 73.8 Å². The molecule has 2 fully saturated rings. The highest BCUT2D eigenvalue weighted by Gasteiger charge is 2.56. The molecular weight excluding hydrogens is 548 g/mol. The molecule has 4 aliphatic rings. The molecule has 4 heterocycles. The third-order valence-corrected chi connectivity index (χ3v) is 10.2. The Bertz CT molecular complexity index is 1350. The van der Waals surface area contributed by atoms with Crippen LogP contribution in [0.4, 0.5) is 0 Å². The summed E-state index contributed by atoms with van der Waals surface area (Å²) in [7, 11) is 0. The van der Waals surface area contributed by atoms with Gasteiger partial charge in [-0.1, -0.05) is 60.7 Å². The van der Waals surface area contributed by atoms with Gasteiger partial charge >= 0.3 is 5.97 Å². The number of rotatable bonds is 8. The van der Waals surface area contributed by atoms with Crippen molar-refractivity contribution in [2.75, 3.05) is 24.8 Å². The Morgan fingerprint density at radius 3 is 2.55 bits per heavy atom. The molecule has 10 nitrogen and oxygen atoms in total. The van der Waals surface area contributed by atoms with Crippen molar-refractivity contribution >= 4 is 41.1 Å². The van der Waals surface area contributed by atoms with Crippen LogP contribution in [0, 0.1) is 5.41 Å². The van der Waals surface area contributed by atoms with E-state index in [9.17, 15) is 14.7 Å². The average molecular weight is 579 g/mol. The molecule has 4 N–H and O–H groups in total. The first kappa shape index (κ1) is 26.9. The van der Waals surface area contributed by atoms with Gasteiger partial charge in [0.25, 0.3) is 0 Å². The Balaban J connectivity index is 1.29. The van der Waals surface area contributed by atoms with Crippen LogP contribution in [0.5, 0.6) is 0 Å². The molecule has 4 aliphatic heterocycles. The molecule has 6 rings (SSSR count). The lowest BCUT2D eigenvalue weighted by atomic mass is 9.89. The molecule has 0 aromatic heterocycles. The SMILES string of the molecule is CC1=NC2=CN(CO)NN2C(SCC2(C(=O)OC(c3ccccc3)c3ccccc3)CS[C@@H]3C(N)C(=O)N3C2)=C1. The molecule has 12 heteroatoms. The van der Waals surface area contributed by atoms with Crippen LogP contribution in [0.15, 0.2) is 88.8 Å². The lowest BCUT2D eigenvalue weighted by molar-refractivity contribution is -0.163. The zero-order valence-corrected chi connectivity index (χ0v) is 23.5. The number of amides is 1. The van der Waals surface area contributed by atoms with Crippen LogP contribution in [0.3, 0.4) is 0 Å². The predicted molar refractivity (Wildman–Crippen MR) is 155 cm³/mol. The molecule has 2 unspecified atom stereocenters. The fraction of sp³-hybridized carbons (Fsp3) is 0.321. The summed E-state index contributed by atoms with van der Waals surface area (Å²) in [6.07, 6.45) is 3.05. The second kappa shape index (κ2) is 10.9. The fourth-order valence-corrected chi connectivity index (χ4v) is 7.97. The Morgan fingerprint density at radius 2 is 1.90 bits per heavy atom. The maximum Gasteiger partial charge on any atom is 0.316 e. The number of hydrazine groups is 2. The number of aliphatic imine (C=N–C) groups is 1. The number of benzene rings is 2. The number of allylic oxidation sites excluding steroid dienone is 1. The van der Waals surface area contributed by atoms with Crippen molar-refractivity contribution in [3.63, 3.8) is 0 Å². The maximum absolute atomic E-state index is 14.3. The molecule has 0 aliphatic carbocycles. The van der Waals surface area contributed by atoms with E-state index in [1.54, 1.807) is 16.1 Å². The van der Waals surface area contributed by atoms with Gasteiger partial charge in [0.2, 0.25) is 5.91 Å². The first-order chi connectivity index (χ1) is 19.4. The number of carbonyl (C=O) groups is 2. The van der Waals surface area contributed by atoms with E-state index >= 15 is 0 Å². The lowest BCUT2D eigenvalue weighted by Gasteiger charge is -2.53. The molecule has 2 aromatic carbocycles. The van der Waals surface area contributed by atoms with Gasteiger partial charge in [-0.2, -0.15) is 0 Å². The number of nitrogens with zero attached hydrogens (tertiary/aromatic N) is 4. The molecule has 40 heavy (non-hydrogen) atoms. The number of hydrogen-bond donors (Lipinski definition) is 3. The summed E-state index contributed by atoms with van der Waals surface area (Å²) in [6.45, 7) is 1.91. The summed E-state index contributed by atoms with van der Waals surface area (Å²) in [6, 6.07) is 18.8. The van der Waals surface area contributed by atoms with E-state index in [2.05, 4.69) is 10.5 Å². The quantitative estimate of drug-likeness (QED) is 0.318. The Morgan fingerprint density at radius 1 is 1.23 bits per heavy atom. The molecule has 2 aromatic rings. The van der Waals surface area contributed by atoms with Crippen molar-refractivity contribution < 1.29 is 19.4 Å². The van der Waals surface area contributed by atoms with E-state index in [-0.39, 0.29) is 30.5 Å². The van der Waals surface area contributed by atoms with Crippen LogP contribution in [-0.2, 0) is 14.3 Å². The van der Waals surface area contributed by atoms with Crippen LogP contribution in [0.1, 0.15) is 24.2 Å². The first-order valence-corrected chi connectivity index (χ1v) is 15.0. The number of thioether (sulfide) groups is 2. The summed E-state index contributed by atoms with van der Waals surface area (Å²) < 4.78 is 6.36. The predicted octanol–water partition coefficient (Wildman–Crippen LogP) is 2.38. The summed E-state index contributed by atoms with van der Waals surface area (Å²) in [5, 5.41) is 13.6. The standard InChI is InChI=1S/C28H30N6O4S2/c1-18-12-22(34-21(30-18)13-32(17-35)31-34)39-15-28(14-33-25(36)23(29)26(33)40-16-28)27(37)38-24(19-8-4-2-5-9-19)20-10-6-3-7-11-20/h2-13,23-24,26,31,35H,14-17,29H2,1H3/t23?,26-,28?/m1/s1. The number of β-lactam (4-membered cyclic amide) rings is 1. The normalized spacial score (nSPS) is 25.6. The summed E-state index contributed by atoms with van der Waals surface area (Å²) >= 11 is 3.01. The highest BCUT2D eigenvalue weighted by molar-refractivity contribution is 8.03. The molecule has 1 amide bonds. The van der Waals surface area contributed by atoms with Gasteiger partial charge in [0.1, 0.15) is 23.6 Å². The number of esters is 1. The number of ether oxygens (including phenoxy) is 1. The second-order valence-electron chi connectivity index (χ2n) is 10.1. The van der Waals surface area contributed by atoms with Crippen LogP contribution >= 0.6 is 23.5 Å².